The molecule has 3 atom stereocenters. The quantitative estimate of drug-likeness (QED) is 0.908. The highest BCUT2D eigenvalue weighted by molar-refractivity contribution is 5.88. The first kappa shape index (κ1) is 18.2. The Morgan fingerprint density at radius 3 is 2.44 bits per heavy atom. The normalized spacial score (nSPS) is 27.4. The Balaban J connectivity index is 1.79. The first-order chi connectivity index (χ1) is 11.9. The van der Waals surface area contributed by atoms with Crippen LogP contribution in [-0.4, -0.2) is 41.7 Å². The minimum absolute atomic E-state index is 0.179. The van der Waals surface area contributed by atoms with Crippen LogP contribution in [-0.2, 0) is 10.2 Å². The molecule has 0 spiro atoms. The van der Waals surface area contributed by atoms with E-state index in [1.165, 1.54) is 6.42 Å². The molecule has 0 unspecified atom stereocenters. The van der Waals surface area contributed by atoms with Crippen LogP contribution in [0.3, 0.4) is 0 Å². The molecule has 1 aromatic rings. The first-order valence-electron chi connectivity index (χ1n) is 9.59. The van der Waals surface area contributed by atoms with Crippen molar-refractivity contribution in [1.29, 1.82) is 0 Å². The van der Waals surface area contributed by atoms with Crippen molar-refractivity contribution in [1.82, 2.24) is 4.90 Å². The van der Waals surface area contributed by atoms with E-state index in [4.69, 9.17) is 4.74 Å². The van der Waals surface area contributed by atoms with Gasteiger partial charge in [0.2, 0.25) is 5.91 Å². The van der Waals surface area contributed by atoms with Gasteiger partial charge in [0.05, 0.1) is 18.6 Å². The van der Waals surface area contributed by atoms with Crippen LogP contribution in [0.15, 0.2) is 24.3 Å². The van der Waals surface area contributed by atoms with E-state index in [1.54, 1.807) is 7.11 Å². The molecule has 1 aromatic carbocycles. The predicted molar refractivity (Wildman–Crippen MR) is 98.7 cm³/mol. The van der Waals surface area contributed by atoms with Crippen LogP contribution in [0, 0.1) is 5.92 Å². The minimum Gasteiger partial charge on any atom is -0.497 e. The average Bonchev–Trinajstić information content (AvgIpc) is 3.10. The molecule has 1 amide bonds. The highest BCUT2D eigenvalue weighted by Crippen LogP contribution is 2.37. The van der Waals surface area contributed by atoms with Crippen molar-refractivity contribution < 1.29 is 14.6 Å². The van der Waals surface area contributed by atoms with Crippen LogP contribution in [0.2, 0.25) is 0 Å². The van der Waals surface area contributed by atoms with Gasteiger partial charge in [-0.2, -0.15) is 0 Å². The fraction of sp³-hybridized carbons (Fsp3) is 0.667. The lowest BCUT2D eigenvalue weighted by Gasteiger charge is -2.40. The van der Waals surface area contributed by atoms with Gasteiger partial charge in [-0.25, -0.2) is 0 Å². The number of amides is 1. The second-order valence-electron chi connectivity index (χ2n) is 8.08. The first-order valence-corrected chi connectivity index (χ1v) is 9.59. The van der Waals surface area contributed by atoms with Gasteiger partial charge in [-0.05, 0) is 57.2 Å². The summed E-state index contributed by atoms with van der Waals surface area (Å²) >= 11 is 0. The maximum atomic E-state index is 13.4. The summed E-state index contributed by atoms with van der Waals surface area (Å²) in [5.41, 5.74) is 0.433. The van der Waals surface area contributed by atoms with Crippen molar-refractivity contribution in [3.8, 4) is 5.75 Å². The van der Waals surface area contributed by atoms with Crippen molar-refractivity contribution >= 4 is 5.91 Å². The molecule has 2 fully saturated rings. The molecule has 0 bridgehead atoms. The number of ether oxygens (including phenoxy) is 1. The molecule has 1 saturated carbocycles. The van der Waals surface area contributed by atoms with Gasteiger partial charge in [0.25, 0.3) is 0 Å². The fourth-order valence-electron chi connectivity index (χ4n) is 4.57. The van der Waals surface area contributed by atoms with Gasteiger partial charge in [-0.1, -0.05) is 25.0 Å². The third-order valence-electron chi connectivity index (χ3n) is 6.18. The van der Waals surface area contributed by atoms with Gasteiger partial charge < -0.3 is 14.7 Å². The Kier molecular flexibility index (Phi) is 5.38. The van der Waals surface area contributed by atoms with E-state index >= 15 is 0 Å². The largest absolute Gasteiger partial charge is 0.497 e. The third kappa shape index (κ3) is 3.55. The Hall–Kier alpha value is -1.55. The van der Waals surface area contributed by atoms with E-state index < -0.39 is 5.41 Å². The zero-order chi connectivity index (χ0) is 18.0. The van der Waals surface area contributed by atoms with E-state index in [0.717, 1.165) is 50.0 Å². The lowest BCUT2D eigenvalue weighted by molar-refractivity contribution is -0.139. The van der Waals surface area contributed by atoms with Gasteiger partial charge in [-0.3, -0.25) is 4.79 Å². The van der Waals surface area contributed by atoms with Gasteiger partial charge >= 0.3 is 0 Å². The fourth-order valence-corrected chi connectivity index (χ4v) is 4.57. The van der Waals surface area contributed by atoms with Crippen LogP contribution in [0.1, 0.15) is 57.9 Å². The number of methoxy groups -OCH3 is 1. The summed E-state index contributed by atoms with van der Waals surface area (Å²) in [6.45, 7) is 4.82. The number of hydrogen-bond donors (Lipinski definition) is 1. The molecule has 0 aromatic heterocycles. The number of benzene rings is 1. The molecule has 2 aliphatic rings. The van der Waals surface area contributed by atoms with Gasteiger partial charge in [0.1, 0.15) is 5.75 Å². The van der Waals surface area contributed by atoms with E-state index in [2.05, 4.69) is 4.90 Å². The molecule has 1 N–H and O–H groups in total. The third-order valence-corrected chi connectivity index (χ3v) is 6.18. The molecule has 1 heterocycles. The molecule has 1 aliphatic heterocycles. The predicted octanol–water partition coefficient (Wildman–Crippen LogP) is 3.51. The maximum Gasteiger partial charge on any atom is 0.232 e. The topological polar surface area (TPSA) is 49.8 Å². The van der Waals surface area contributed by atoms with Crippen LogP contribution >= 0.6 is 0 Å². The molecule has 4 heteroatoms. The minimum atomic E-state index is -0.575. The number of rotatable bonds is 4. The highest BCUT2D eigenvalue weighted by Gasteiger charge is 2.43. The lowest BCUT2D eigenvalue weighted by Crippen LogP contribution is -2.50. The number of nitrogens with zero attached hydrogens (tertiary/aromatic N) is 1. The van der Waals surface area contributed by atoms with Crippen molar-refractivity contribution in [2.45, 2.75) is 69.9 Å². The summed E-state index contributed by atoms with van der Waals surface area (Å²) < 4.78 is 5.23. The zero-order valence-electron chi connectivity index (χ0n) is 15.7. The molecule has 138 valence electrons. The summed E-state index contributed by atoms with van der Waals surface area (Å²) in [7, 11) is 1.65. The number of carbonyl (C=O) groups is 1. The number of hydrogen-bond acceptors (Lipinski definition) is 3. The molecule has 1 aliphatic carbocycles. The van der Waals surface area contributed by atoms with Crippen LogP contribution in [0.4, 0.5) is 0 Å². The summed E-state index contributed by atoms with van der Waals surface area (Å²) in [5, 5.41) is 10.5. The van der Waals surface area contributed by atoms with Crippen molar-refractivity contribution in [3.63, 3.8) is 0 Å². The highest BCUT2D eigenvalue weighted by atomic mass is 16.5. The Morgan fingerprint density at radius 1 is 1.12 bits per heavy atom. The molecule has 1 saturated heterocycles. The molecular formula is C21H31NO3. The molecular weight excluding hydrogens is 314 g/mol. The second kappa shape index (κ2) is 7.36. The van der Waals surface area contributed by atoms with Crippen LogP contribution in [0.25, 0.3) is 0 Å². The van der Waals surface area contributed by atoms with E-state index in [9.17, 15) is 9.90 Å². The van der Waals surface area contributed by atoms with E-state index in [-0.39, 0.29) is 24.0 Å². The second-order valence-corrected chi connectivity index (χ2v) is 8.08. The summed E-state index contributed by atoms with van der Waals surface area (Å²) in [6, 6.07) is 7.99. The monoisotopic (exact) mass is 345 g/mol. The number of aliphatic hydroxyl groups excluding tert-OH is 1. The molecule has 25 heavy (non-hydrogen) atoms. The number of aliphatic hydroxyl groups is 1. The van der Waals surface area contributed by atoms with Crippen molar-refractivity contribution in [2.24, 2.45) is 5.92 Å². The Labute approximate surface area is 151 Å². The van der Waals surface area contributed by atoms with Crippen LogP contribution < -0.4 is 4.74 Å². The van der Waals surface area contributed by atoms with Gasteiger partial charge in [0.15, 0.2) is 0 Å². The van der Waals surface area contributed by atoms with Crippen molar-refractivity contribution in [2.75, 3.05) is 13.7 Å². The Morgan fingerprint density at radius 2 is 1.80 bits per heavy atom. The zero-order valence-corrected chi connectivity index (χ0v) is 15.7. The lowest BCUT2D eigenvalue weighted by atomic mass is 9.79. The molecule has 3 rings (SSSR count). The van der Waals surface area contributed by atoms with E-state index in [0.29, 0.717) is 0 Å². The SMILES string of the molecule is COc1ccc(C(C)(C)C(=O)N2CCC[C@@H]2[C@@H]2CCCC[C@@H]2O)cc1. The standard InChI is InChI=1S/C21H31NO3/c1-21(2,15-10-12-16(25-3)13-11-15)20(24)22-14-6-8-18(22)17-7-4-5-9-19(17)23/h10-13,17-19,23H,4-9,14H2,1-3H3/t17-,18+,19-/m0/s1. The van der Waals surface area contributed by atoms with E-state index in [1.807, 2.05) is 38.1 Å². The average molecular weight is 345 g/mol. The number of likely N-dealkylation sites (tertiary alicyclic amines) is 1. The van der Waals surface area contributed by atoms with Crippen LogP contribution in [0.5, 0.6) is 5.75 Å². The Bertz CT molecular complexity index is 596. The van der Waals surface area contributed by atoms with Gasteiger partial charge in [-0.15, -0.1) is 0 Å². The summed E-state index contributed by atoms with van der Waals surface area (Å²) in [5.74, 6) is 1.22. The molecule has 0 radical (unpaired) electrons. The van der Waals surface area contributed by atoms with Gasteiger partial charge in [0, 0.05) is 18.5 Å². The van der Waals surface area contributed by atoms with Crippen molar-refractivity contribution in [3.05, 3.63) is 29.8 Å². The maximum absolute atomic E-state index is 13.4. The summed E-state index contributed by atoms with van der Waals surface area (Å²) in [6.07, 6.45) is 6.00. The smallest absolute Gasteiger partial charge is 0.232 e. The summed E-state index contributed by atoms with van der Waals surface area (Å²) in [4.78, 5) is 15.5. The molecule has 4 nitrogen and oxygen atoms in total. The number of carbonyl (C=O) groups excluding carboxylic acids is 1.